The fraction of sp³-hybridized carbons (Fsp3) is 0. The zero-order chi connectivity index (χ0) is 17.4. The van der Waals surface area contributed by atoms with Crippen LogP contribution < -0.4 is 10.3 Å². The minimum absolute atomic E-state index is 0.101. The molecular formula is C14H6Cl2FN3O4. The van der Waals surface area contributed by atoms with Gasteiger partial charge in [0, 0.05) is 12.1 Å². The lowest BCUT2D eigenvalue weighted by atomic mass is 10.2. The molecule has 3 rings (SSSR count). The molecule has 0 radical (unpaired) electrons. The summed E-state index contributed by atoms with van der Waals surface area (Å²) in [5.74, 6) is -0.851. The molecule has 0 fully saturated rings. The number of nitrogens with one attached hydrogen (secondary N) is 1. The van der Waals surface area contributed by atoms with Gasteiger partial charge in [0.15, 0.2) is 5.75 Å². The summed E-state index contributed by atoms with van der Waals surface area (Å²) in [5, 5.41) is 16.7. The summed E-state index contributed by atoms with van der Waals surface area (Å²) in [6, 6.07) is 5.57. The molecule has 0 amide bonds. The fourth-order valence-corrected chi connectivity index (χ4v) is 2.59. The predicted molar refractivity (Wildman–Crippen MR) is 85.5 cm³/mol. The first-order chi connectivity index (χ1) is 11.4. The number of aromatic nitrogens is 2. The monoisotopic (exact) mass is 369 g/mol. The summed E-state index contributed by atoms with van der Waals surface area (Å²) in [6.07, 6.45) is 0. The van der Waals surface area contributed by atoms with Crippen molar-refractivity contribution in [1.29, 1.82) is 0 Å². The van der Waals surface area contributed by atoms with Crippen molar-refractivity contribution in [3.8, 4) is 11.6 Å². The maximum absolute atomic E-state index is 13.5. The number of nitro groups is 1. The molecule has 0 bridgehead atoms. The maximum Gasteiger partial charge on any atom is 0.272 e. The summed E-state index contributed by atoms with van der Waals surface area (Å²) in [6.45, 7) is 0. The third kappa shape index (κ3) is 2.89. The van der Waals surface area contributed by atoms with Gasteiger partial charge in [-0.05, 0) is 18.2 Å². The van der Waals surface area contributed by atoms with Gasteiger partial charge in [0.25, 0.3) is 11.2 Å². The summed E-state index contributed by atoms with van der Waals surface area (Å²) >= 11 is 11.9. The van der Waals surface area contributed by atoms with E-state index in [1.165, 1.54) is 6.07 Å². The Morgan fingerprint density at radius 1 is 1.17 bits per heavy atom. The third-order valence-electron chi connectivity index (χ3n) is 3.11. The average Bonchev–Trinajstić information content (AvgIpc) is 2.52. The van der Waals surface area contributed by atoms with Gasteiger partial charge in [-0.15, -0.1) is 5.10 Å². The van der Waals surface area contributed by atoms with Gasteiger partial charge in [0.2, 0.25) is 5.88 Å². The third-order valence-corrected chi connectivity index (χ3v) is 3.67. The molecule has 0 atom stereocenters. The van der Waals surface area contributed by atoms with E-state index >= 15 is 0 Å². The van der Waals surface area contributed by atoms with Crippen molar-refractivity contribution in [2.45, 2.75) is 0 Å². The second kappa shape index (κ2) is 6.06. The smallest absolute Gasteiger partial charge is 0.272 e. The Hall–Kier alpha value is -2.71. The van der Waals surface area contributed by atoms with Gasteiger partial charge >= 0.3 is 0 Å². The number of nitrogens with zero attached hydrogens (tertiary/aromatic N) is 2. The van der Waals surface area contributed by atoms with Crippen molar-refractivity contribution in [2.75, 3.05) is 0 Å². The standard InChI is InChI=1S/C14H6Cl2FN3O4/c15-10-4-7(20(22)23)5-11(16)12(10)24-14-9-3-6(17)1-2-8(9)13(21)18-19-14/h1-5H,(H,18,21). The van der Waals surface area contributed by atoms with Crippen molar-refractivity contribution >= 4 is 39.7 Å². The quantitative estimate of drug-likeness (QED) is 0.554. The average molecular weight is 370 g/mol. The number of fused-ring (bicyclic) bond motifs is 1. The summed E-state index contributed by atoms with van der Waals surface area (Å²) in [4.78, 5) is 21.8. The van der Waals surface area contributed by atoms with E-state index in [-0.39, 0.29) is 38.1 Å². The molecule has 0 aliphatic carbocycles. The highest BCUT2D eigenvalue weighted by molar-refractivity contribution is 6.37. The van der Waals surface area contributed by atoms with Gasteiger partial charge in [-0.3, -0.25) is 14.9 Å². The molecule has 10 heteroatoms. The highest BCUT2D eigenvalue weighted by Gasteiger charge is 2.18. The summed E-state index contributed by atoms with van der Waals surface area (Å²) < 4.78 is 18.9. The van der Waals surface area contributed by atoms with Crippen LogP contribution in [0.2, 0.25) is 10.0 Å². The zero-order valence-electron chi connectivity index (χ0n) is 11.5. The van der Waals surface area contributed by atoms with Crippen molar-refractivity contribution in [3.63, 3.8) is 0 Å². The van der Waals surface area contributed by atoms with E-state index in [9.17, 15) is 19.3 Å². The van der Waals surface area contributed by atoms with E-state index < -0.39 is 16.3 Å². The van der Waals surface area contributed by atoms with Crippen LogP contribution in [0.25, 0.3) is 10.8 Å². The lowest BCUT2D eigenvalue weighted by Gasteiger charge is -2.10. The van der Waals surface area contributed by atoms with E-state index in [1.54, 1.807) is 0 Å². The van der Waals surface area contributed by atoms with Crippen LogP contribution >= 0.6 is 23.2 Å². The van der Waals surface area contributed by atoms with E-state index in [0.29, 0.717) is 0 Å². The molecule has 0 unspecified atom stereocenters. The Balaban J connectivity index is 2.14. The highest BCUT2D eigenvalue weighted by Crippen LogP contribution is 2.40. The number of hydrogen-bond acceptors (Lipinski definition) is 5. The van der Waals surface area contributed by atoms with E-state index in [4.69, 9.17) is 27.9 Å². The topological polar surface area (TPSA) is 98.1 Å². The Labute approximate surface area is 142 Å². The molecule has 1 N–H and O–H groups in total. The second-order valence-electron chi connectivity index (χ2n) is 4.65. The fourth-order valence-electron chi connectivity index (χ4n) is 2.04. The minimum Gasteiger partial charge on any atom is -0.434 e. The molecule has 3 aromatic rings. The van der Waals surface area contributed by atoms with Crippen LogP contribution in [-0.4, -0.2) is 15.1 Å². The molecule has 0 saturated heterocycles. The van der Waals surface area contributed by atoms with Crippen LogP contribution in [0.3, 0.4) is 0 Å². The zero-order valence-corrected chi connectivity index (χ0v) is 13.1. The van der Waals surface area contributed by atoms with Crippen LogP contribution in [0.15, 0.2) is 35.1 Å². The van der Waals surface area contributed by atoms with Gasteiger partial charge in [-0.25, -0.2) is 9.49 Å². The second-order valence-corrected chi connectivity index (χ2v) is 5.46. The molecule has 1 heterocycles. The van der Waals surface area contributed by atoms with E-state index in [0.717, 1.165) is 24.3 Å². The molecule has 2 aromatic carbocycles. The Morgan fingerprint density at radius 3 is 2.46 bits per heavy atom. The number of hydrogen-bond donors (Lipinski definition) is 1. The Morgan fingerprint density at radius 2 is 1.83 bits per heavy atom. The first-order valence-electron chi connectivity index (χ1n) is 6.36. The number of rotatable bonds is 3. The summed E-state index contributed by atoms with van der Waals surface area (Å²) in [7, 11) is 0. The molecule has 1 aromatic heterocycles. The van der Waals surface area contributed by atoms with Gasteiger partial charge in [0.05, 0.1) is 25.7 Å². The molecular weight excluding hydrogens is 364 g/mol. The van der Waals surface area contributed by atoms with Crippen LogP contribution in [0.1, 0.15) is 0 Å². The summed E-state index contributed by atoms with van der Waals surface area (Å²) in [5.41, 5.74) is -0.846. The molecule has 0 aliphatic heterocycles. The molecule has 0 aliphatic rings. The number of aromatic amines is 1. The lowest BCUT2D eigenvalue weighted by molar-refractivity contribution is -0.384. The first kappa shape index (κ1) is 16.2. The molecule has 0 spiro atoms. The van der Waals surface area contributed by atoms with Crippen molar-refractivity contribution in [2.24, 2.45) is 0 Å². The van der Waals surface area contributed by atoms with E-state index in [1.807, 2.05) is 0 Å². The number of H-pyrrole nitrogens is 1. The molecule has 122 valence electrons. The SMILES string of the molecule is O=c1[nH]nc(Oc2c(Cl)cc([N+](=O)[O-])cc2Cl)c2cc(F)ccc12. The van der Waals surface area contributed by atoms with Crippen LogP contribution in [0.4, 0.5) is 10.1 Å². The normalized spacial score (nSPS) is 10.8. The van der Waals surface area contributed by atoms with E-state index in [2.05, 4.69) is 10.2 Å². The van der Waals surface area contributed by atoms with Crippen molar-refractivity contribution in [3.05, 3.63) is 66.7 Å². The van der Waals surface area contributed by atoms with Crippen LogP contribution in [0.5, 0.6) is 11.6 Å². The van der Waals surface area contributed by atoms with Crippen molar-refractivity contribution in [1.82, 2.24) is 10.2 Å². The van der Waals surface area contributed by atoms with Gasteiger partial charge in [-0.1, -0.05) is 23.2 Å². The van der Waals surface area contributed by atoms with Gasteiger partial charge in [-0.2, -0.15) is 0 Å². The largest absolute Gasteiger partial charge is 0.434 e. The number of halogens is 3. The van der Waals surface area contributed by atoms with Gasteiger partial charge in [0.1, 0.15) is 5.82 Å². The number of benzene rings is 2. The number of ether oxygens (including phenoxy) is 1. The van der Waals surface area contributed by atoms with Crippen LogP contribution in [-0.2, 0) is 0 Å². The number of nitro benzene ring substituents is 1. The van der Waals surface area contributed by atoms with Gasteiger partial charge < -0.3 is 4.74 Å². The van der Waals surface area contributed by atoms with Crippen molar-refractivity contribution < 1.29 is 14.1 Å². The minimum atomic E-state index is -0.662. The maximum atomic E-state index is 13.5. The number of non-ortho nitro benzene ring substituents is 1. The molecule has 7 nitrogen and oxygen atoms in total. The first-order valence-corrected chi connectivity index (χ1v) is 7.11. The molecule has 24 heavy (non-hydrogen) atoms. The molecule has 0 saturated carbocycles. The predicted octanol–water partition coefficient (Wildman–Crippen LogP) is 4.07. The Kier molecular flexibility index (Phi) is 4.08. The Bertz CT molecular complexity index is 1020. The lowest BCUT2D eigenvalue weighted by Crippen LogP contribution is -2.09. The highest BCUT2D eigenvalue weighted by atomic mass is 35.5. The van der Waals surface area contributed by atoms with Crippen LogP contribution in [0, 0.1) is 15.9 Å².